The van der Waals surface area contributed by atoms with E-state index in [9.17, 15) is 14.7 Å². The molecule has 0 aliphatic carbocycles. The van der Waals surface area contributed by atoms with Crippen LogP contribution >= 0.6 is 0 Å². The molecular formula is C33H33NO6. The summed E-state index contributed by atoms with van der Waals surface area (Å²) in [6.45, 7) is 0.926. The second-order valence-corrected chi connectivity index (χ2v) is 9.33. The van der Waals surface area contributed by atoms with Crippen LogP contribution in [0.4, 0.5) is 0 Å². The lowest BCUT2D eigenvalue weighted by atomic mass is 9.98. The Kier molecular flexibility index (Phi) is 9.41. The minimum atomic E-state index is -0.970. The summed E-state index contributed by atoms with van der Waals surface area (Å²) in [7, 11) is 4.75. The molecule has 0 heterocycles. The third kappa shape index (κ3) is 6.99. The van der Waals surface area contributed by atoms with Crippen molar-refractivity contribution in [2.24, 2.45) is 0 Å². The molecule has 0 bridgehead atoms. The predicted molar refractivity (Wildman–Crippen MR) is 154 cm³/mol. The van der Waals surface area contributed by atoms with Gasteiger partial charge in [-0.3, -0.25) is 4.79 Å². The molecular weight excluding hydrogens is 506 g/mol. The largest absolute Gasteiger partial charge is 0.497 e. The standard InChI is InChI=1S/C33H33NO6/c1-38-27-16-12-23(13-17-27)7-6-18-34(32(35)26-19-28(39-2)21-29(20-26)40-3)22-24-10-14-25(15-11-24)30-8-4-5-9-31(30)33(36)37/h4-5,8-17,19-21H,6-7,18,22H2,1-3H3,(H,36,37). The molecule has 7 heteroatoms. The Morgan fingerprint density at radius 1 is 0.725 bits per heavy atom. The number of benzene rings is 4. The Morgan fingerprint density at radius 3 is 1.93 bits per heavy atom. The van der Waals surface area contributed by atoms with E-state index >= 15 is 0 Å². The van der Waals surface area contributed by atoms with Crippen molar-refractivity contribution in [2.45, 2.75) is 19.4 Å². The van der Waals surface area contributed by atoms with Crippen LogP contribution in [-0.4, -0.2) is 49.8 Å². The van der Waals surface area contributed by atoms with Crippen molar-refractivity contribution in [1.29, 1.82) is 0 Å². The molecule has 40 heavy (non-hydrogen) atoms. The molecule has 0 aliphatic heterocycles. The number of aromatic carboxylic acids is 1. The maximum atomic E-state index is 13.8. The third-order valence-corrected chi connectivity index (χ3v) is 6.73. The van der Waals surface area contributed by atoms with Gasteiger partial charge in [0, 0.05) is 24.7 Å². The monoisotopic (exact) mass is 539 g/mol. The van der Waals surface area contributed by atoms with Gasteiger partial charge in [0.05, 0.1) is 26.9 Å². The van der Waals surface area contributed by atoms with E-state index in [1.807, 2.05) is 59.5 Å². The van der Waals surface area contributed by atoms with E-state index in [0.29, 0.717) is 35.7 Å². The van der Waals surface area contributed by atoms with Crippen LogP contribution < -0.4 is 14.2 Å². The number of rotatable bonds is 12. The highest BCUT2D eigenvalue weighted by molar-refractivity contribution is 5.96. The number of carboxylic acids is 1. The van der Waals surface area contributed by atoms with E-state index in [1.54, 1.807) is 57.7 Å². The first-order valence-corrected chi connectivity index (χ1v) is 13.0. The first-order chi connectivity index (χ1) is 19.4. The number of nitrogens with zero attached hydrogens (tertiary/aromatic N) is 1. The van der Waals surface area contributed by atoms with Crippen molar-refractivity contribution < 1.29 is 28.9 Å². The molecule has 0 saturated carbocycles. The molecule has 0 fully saturated rings. The van der Waals surface area contributed by atoms with Gasteiger partial charge in [0.25, 0.3) is 5.91 Å². The summed E-state index contributed by atoms with van der Waals surface area (Å²) in [4.78, 5) is 27.2. The molecule has 0 atom stereocenters. The van der Waals surface area contributed by atoms with Gasteiger partial charge in [-0.2, -0.15) is 0 Å². The fourth-order valence-electron chi connectivity index (χ4n) is 4.56. The Morgan fingerprint density at radius 2 is 1.32 bits per heavy atom. The lowest BCUT2D eigenvalue weighted by molar-refractivity contribution is 0.0696. The second kappa shape index (κ2) is 13.3. The average molecular weight is 540 g/mol. The van der Waals surface area contributed by atoms with E-state index < -0.39 is 5.97 Å². The van der Waals surface area contributed by atoms with Crippen LogP contribution in [0, 0.1) is 0 Å². The molecule has 0 aliphatic rings. The second-order valence-electron chi connectivity index (χ2n) is 9.33. The molecule has 1 amide bonds. The summed E-state index contributed by atoms with van der Waals surface area (Å²) in [5.41, 5.74) is 4.28. The molecule has 4 rings (SSSR count). The van der Waals surface area contributed by atoms with Crippen molar-refractivity contribution in [3.63, 3.8) is 0 Å². The van der Waals surface area contributed by atoms with Crippen LogP contribution in [-0.2, 0) is 13.0 Å². The lowest BCUT2D eigenvalue weighted by Gasteiger charge is -2.24. The zero-order valence-corrected chi connectivity index (χ0v) is 22.9. The smallest absolute Gasteiger partial charge is 0.336 e. The number of methoxy groups -OCH3 is 3. The Balaban J connectivity index is 1.56. The molecule has 0 aromatic heterocycles. The molecule has 206 valence electrons. The van der Waals surface area contributed by atoms with Gasteiger partial charge >= 0.3 is 5.97 Å². The molecule has 0 spiro atoms. The zero-order valence-electron chi connectivity index (χ0n) is 22.9. The third-order valence-electron chi connectivity index (χ3n) is 6.73. The molecule has 1 N–H and O–H groups in total. The quantitative estimate of drug-likeness (QED) is 0.226. The highest BCUT2D eigenvalue weighted by Crippen LogP contribution is 2.26. The van der Waals surface area contributed by atoms with Crippen LogP contribution in [0.15, 0.2) is 91.0 Å². The first-order valence-electron chi connectivity index (χ1n) is 13.0. The highest BCUT2D eigenvalue weighted by Gasteiger charge is 2.19. The Hall–Kier alpha value is -4.78. The van der Waals surface area contributed by atoms with Gasteiger partial charge in [0.2, 0.25) is 0 Å². The number of carboxylic acid groups (broad SMARTS) is 1. The molecule has 0 radical (unpaired) electrons. The molecule has 0 saturated heterocycles. The number of hydrogen-bond acceptors (Lipinski definition) is 5. The van der Waals surface area contributed by atoms with Gasteiger partial charge in [-0.05, 0) is 65.4 Å². The van der Waals surface area contributed by atoms with E-state index in [-0.39, 0.29) is 11.5 Å². The van der Waals surface area contributed by atoms with Crippen molar-refractivity contribution in [3.05, 3.63) is 113 Å². The minimum Gasteiger partial charge on any atom is -0.497 e. The maximum Gasteiger partial charge on any atom is 0.336 e. The van der Waals surface area contributed by atoms with Crippen LogP contribution in [0.3, 0.4) is 0 Å². The van der Waals surface area contributed by atoms with E-state index in [4.69, 9.17) is 14.2 Å². The number of aryl methyl sites for hydroxylation is 1. The van der Waals surface area contributed by atoms with Crippen molar-refractivity contribution >= 4 is 11.9 Å². The predicted octanol–water partition coefficient (Wildman–Crippen LogP) is 6.35. The van der Waals surface area contributed by atoms with Crippen LogP contribution in [0.25, 0.3) is 11.1 Å². The zero-order chi connectivity index (χ0) is 28.5. The normalized spacial score (nSPS) is 10.6. The average Bonchev–Trinajstić information content (AvgIpc) is 3.00. The van der Waals surface area contributed by atoms with Gasteiger partial charge in [-0.25, -0.2) is 4.79 Å². The summed E-state index contributed by atoms with van der Waals surface area (Å²) in [5.74, 6) is 0.792. The first kappa shape index (κ1) is 28.2. The van der Waals surface area contributed by atoms with Crippen LogP contribution in [0.2, 0.25) is 0 Å². The van der Waals surface area contributed by atoms with Gasteiger partial charge in [0.1, 0.15) is 17.2 Å². The minimum absolute atomic E-state index is 0.132. The summed E-state index contributed by atoms with van der Waals surface area (Å²) < 4.78 is 16.0. The van der Waals surface area contributed by atoms with E-state index in [0.717, 1.165) is 35.3 Å². The van der Waals surface area contributed by atoms with Gasteiger partial charge < -0.3 is 24.2 Å². The van der Waals surface area contributed by atoms with Gasteiger partial charge in [-0.1, -0.05) is 54.6 Å². The lowest BCUT2D eigenvalue weighted by Crippen LogP contribution is -2.32. The molecule has 4 aromatic rings. The summed E-state index contributed by atoms with van der Waals surface area (Å²) in [6, 6.07) is 27.7. The van der Waals surface area contributed by atoms with Crippen molar-refractivity contribution in [3.8, 4) is 28.4 Å². The Bertz CT molecular complexity index is 1420. The fraction of sp³-hybridized carbons (Fsp3) is 0.212. The number of carbonyl (C=O) groups excluding carboxylic acids is 1. The maximum absolute atomic E-state index is 13.8. The number of amides is 1. The fourth-order valence-corrected chi connectivity index (χ4v) is 4.56. The van der Waals surface area contributed by atoms with Crippen LogP contribution in [0.5, 0.6) is 17.2 Å². The van der Waals surface area contributed by atoms with Crippen molar-refractivity contribution in [1.82, 2.24) is 4.90 Å². The van der Waals surface area contributed by atoms with Crippen molar-refractivity contribution in [2.75, 3.05) is 27.9 Å². The summed E-state index contributed by atoms with van der Waals surface area (Å²) >= 11 is 0. The number of carbonyl (C=O) groups is 2. The summed E-state index contributed by atoms with van der Waals surface area (Å²) in [6.07, 6.45) is 1.57. The Labute approximate surface area is 234 Å². The number of ether oxygens (including phenoxy) is 3. The summed E-state index contributed by atoms with van der Waals surface area (Å²) in [5, 5.41) is 9.57. The van der Waals surface area contributed by atoms with E-state index in [2.05, 4.69) is 0 Å². The number of hydrogen-bond donors (Lipinski definition) is 1. The van der Waals surface area contributed by atoms with Crippen LogP contribution in [0.1, 0.15) is 38.3 Å². The molecule has 4 aromatic carbocycles. The SMILES string of the molecule is COc1ccc(CCCN(Cc2ccc(-c3ccccc3C(=O)O)cc2)C(=O)c2cc(OC)cc(OC)c2)cc1. The molecule has 7 nitrogen and oxygen atoms in total. The highest BCUT2D eigenvalue weighted by atomic mass is 16.5. The van der Waals surface area contributed by atoms with E-state index in [1.165, 1.54) is 0 Å². The van der Waals surface area contributed by atoms with Gasteiger partial charge in [0.15, 0.2) is 0 Å². The molecule has 0 unspecified atom stereocenters. The topological polar surface area (TPSA) is 85.3 Å². The van der Waals surface area contributed by atoms with Gasteiger partial charge in [-0.15, -0.1) is 0 Å².